The molecule has 2 aliphatic carbocycles. The van der Waals surface area contributed by atoms with Crippen molar-refractivity contribution >= 4 is 0 Å². The van der Waals surface area contributed by atoms with Gasteiger partial charge in [-0.25, -0.2) is 0 Å². The Labute approximate surface area is 87.6 Å². The summed E-state index contributed by atoms with van der Waals surface area (Å²) in [5.41, 5.74) is 6.67. The van der Waals surface area contributed by atoms with Gasteiger partial charge >= 0.3 is 0 Å². The molecule has 2 fully saturated rings. The smallest absolute Gasteiger partial charge is 0.0125 e. The van der Waals surface area contributed by atoms with Crippen molar-refractivity contribution in [3.63, 3.8) is 0 Å². The van der Waals surface area contributed by atoms with Crippen molar-refractivity contribution in [2.75, 3.05) is 6.54 Å². The molecule has 3 N–H and O–H groups in total. The zero-order valence-electron chi connectivity index (χ0n) is 9.55. The van der Waals surface area contributed by atoms with Gasteiger partial charge in [-0.2, -0.15) is 0 Å². The molecular formula is C12H24N2. The Morgan fingerprint density at radius 1 is 1.29 bits per heavy atom. The van der Waals surface area contributed by atoms with Gasteiger partial charge in [0.15, 0.2) is 0 Å². The van der Waals surface area contributed by atoms with E-state index >= 15 is 0 Å². The second-order valence-corrected chi connectivity index (χ2v) is 5.86. The highest BCUT2D eigenvalue weighted by Crippen LogP contribution is 2.44. The van der Waals surface area contributed by atoms with Crippen LogP contribution in [0.3, 0.4) is 0 Å². The second kappa shape index (κ2) is 3.82. The van der Waals surface area contributed by atoms with E-state index in [2.05, 4.69) is 19.2 Å². The summed E-state index contributed by atoms with van der Waals surface area (Å²) in [5, 5.41) is 3.67. The minimum atomic E-state index is 0.457. The van der Waals surface area contributed by atoms with Crippen LogP contribution in [0.1, 0.15) is 46.0 Å². The Kier molecular flexibility index (Phi) is 2.85. The summed E-state index contributed by atoms with van der Waals surface area (Å²) in [6, 6.07) is 1.22. The Morgan fingerprint density at radius 2 is 1.93 bits per heavy atom. The SMILES string of the molecule is CC1(C)CC1NCC1CCCCC1N. The van der Waals surface area contributed by atoms with Crippen molar-refractivity contribution in [3.05, 3.63) is 0 Å². The molecule has 82 valence electrons. The fourth-order valence-corrected chi connectivity index (χ4v) is 2.60. The summed E-state index contributed by atoms with van der Waals surface area (Å²) in [6.07, 6.45) is 6.64. The second-order valence-electron chi connectivity index (χ2n) is 5.86. The molecule has 0 aliphatic heterocycles. The highest BCUT2D eigenvalue weighted by atomic mass is 15.0. The maximum Gasteiger partial charge on any atom is 0.0125 e. The van der Waals surface area contributed by atoms with Crippen molar-refractivity contribution in [2.24, 2.45) is 17.1 Å². The number of nitrogens with one attached hydrogen (secondary N) is 1. The summed E-state index contributed by atoms with van der Waals surface area (Å²) < 4.78 is 0. The van der Waals surface area contributed by atoms with E-state index < -0.39 is 0 Å². The first-order valence-electron chi connectivity index (χ1n) is 6.08. The van der Waals surface area contributed by atoms with E-state index in [1.54, 1.807) is 0 Å². The summed E-state index contributed by atoms with van der Waals surface area (Å²) in [4.78, 5) is 0. The first-order chi connectivity index (χ1) is 6.59. The highest BCUT2D eigenvalue weighted by Gasteiger charge is 2.45. The minimum absolute atomic E-state index is 0.457. The number of hydrogen-bond donors (Lipinski definition) is 2. The molecule has 14 heavy (non-hydrogen) atoms. The number of rotatable bonds is 3. The molecule has 0 spiro atoms. The van der Waals surface area contributed by atoms with Crippen LogP contribution in [0, 0.1) is 11.3 Å². The van der Waals surface area contributed by atoms with Crippen LogP contribution in [0.5, 0.6) is 0 Å². The first-order valence-corrected chi connectivity index (χ1v) is 6.08. The third kappa shape index (κ3) is 2.29. The molecule has 2 aliphatic rings. The van der Waals surface area contributed by atoms with Crippen molar-refractivity contribution in [1.29, 1.82) is 0 Å². The van der Waals surface area contributed by atoms with Crippen molar-refractivity contribution < 1.29 is 0 Å². The lowest BCUT2D eigenvalue weighted by molar-refractivity contribution is 0.292. The van der Waals surface area contributed by atoms with Gasteiger partial charge in [-0.1, -0.05) is 26.7 Å². The summed E-state index contributed by atoms with van der Waals surface area (Å²) >= 11 is 0. The van der Waals surface area contributed by atoms with Gasteiger partial charge in [-0.05, 0) is 37.1 Å². The average Bonchev–Trinajstić information content (AvgIpc) is 2.73. The van der Waals surface area contributed by atoms with Crippen LogP contribution in [0.25, 0.3) is 0 Å². The molecule has 3 atom stereocenters. The predicted molar refractivity (Wildman–Crippen MR) is 60.1 cm³/mol. The van der Waals surface area contributed by atoms with Crippen LogP contribution in [0.2, 0.25) is 0 Å². The van der Waals surface area contributed by atoms with Crippen LogP contribution in [0.15, 0.2) is 0 Å². The maximum absolute atomic E-state index is 6.11. The third-order valence-electron chi connectivity index (χ3n) is 4.11. The van der Waals surface area contributed by atoms with Crippen molar-refractivity contribution in [1.82, 2.24) is 5.32 Å². The van der Waals surface area contributed by atoms with Crippen LogP contribution in [-0.2, 0) is 0 Å². The molecule has 2 nitrogen and oxygen atoms in total. The number of nitrogens with two attached hydrogens (primary N) is 1. The van der Waals surface area contributed by atoms with Gasteiger partial charge in [0.05, 0.1) is 0 Å². The summed E-state index contributed by atoms with van der Waals surface area (Å²) in [7, 11) is 0. The quantitative estimate of drug-likeness (QED) is 0.723. The van der Waals surface area contributed by atoms with E-state index in [0.717, 1.165) is 18.5 Å². The number of hydrogen-bond acceptors (Lipinski definition) is 2. The lowest BCUT2D eigenvalue weighted by Gasteiger charge is -2.29. The molecule has 2 heteroatoms. The van der Waals surface area contributed by atoms with E-state index in [-0.39, 0.29) is 0 Å². The fourth-order valence-electron chi connectivity index (χ4n) is 2.60. The molecule has 2 saturated carbocycles. The molecular weight excluding hydrogens is 172 g/mol. The van der Waals surface area contributed by atoms with Gasteiger partial charge in [-0.15, -0.1) is 0 Å². The van der Waals surface area contributed by atoms with Crippen LogP contribution in [0.4, 0.5) is 0 Å². The van der Waals surface area contributed by atoms with Crippen molar-refractivity contribution in [3.8, 4) is 0 Å². The maximum atomic E-state index is 6.11. The summed E-state index contributed by atoms with van der Waals surface area (Å²) in [6.45, 7) is 5.83. The molecule has 0 aromatic carbocycles. The molecule has 3 unspecified atom stereocenters. The zero-order chi connectivity index (χ0) is 10.2. The average molecular weight is 196 g/mol. The zero-order valence-corrected chi connectivity index (χ0v) is 9.55. The van der Waals surface area contributed by atoms with Gasteiger partial charge in [0.1, 0.15) is 0 Å². The molecule has 0 aromatic heterocycles. The lowest BCUT2D eigenvalue weighted by atomic mass is 9.85. The Balaban J connectivity index is 1.70. The first kappa shape index (κ1) is 10.4. The normalized spacial score (nSPS) is 40.9. The van der Waals surface area contributed by atoms with Gasteiger partial charge < -0.3 is 11.1 Å². The van der Waals surface area contributed by atoms with Gasteiger partial charge in [0.25, 0.3) is 0 Å². The lowest BCUT2D eigenvalue weighted by Crippen LogP contribution is -2.40. The molecule has 2 rings (SSSR count). The summed E-state index contributed by atoms with van der Waals surface area (Å²) in [5.74, 6) is 0.736. The minimum Gasteiger partial charge on any atom is -0.327 e. The van der Waals surface area contributed by atoms with Crippen LogP contribution in [-0.4, -0.2) is 18.6 Å². The topological polar surface area (TPSA) is 38.0 Å². The van der Waals surface area contributed by atoms with Gasteiger partial charge in [0, 0.05) is 12.1 Å². The largest absolute Gasteiger partial charge is 0.327 e. The molecule has 0 bridgehead atoms. The predicted octanol–water partition coefficient (Wildman–Crippen LogP) is 1.89. The van der Waals surface area contributed by atoms with Crippen LogP contribution < -0.4 is 11.1 Å². The standard InChI is InChI=1S/C12H24N2/c1-12(2)7-11(12)14-8-9-5-3-4-6-10(9)13/h9-11,14H,3-8,13H2,1-2H3. The molecule has 0 aromatic rings. The van der Waals surface area contributed by atoms with E-state index in [9.17, 15) is 0 Å². The molecule has 0 saturated heterocycles. The van der Waals surface area contributed by atoms with Gasteiger partial charge in [-0.3, -0.25) is 0 Å². The Morgan fingerprint density at radius 3 is 2.50 bits per heavy atom. The third-order valence-corrected chi connectivity index (χ3v) is 4.11. The van der Waals surface area contributed by atoms with E-state index in [0.29, 0.717) is 11.5 Å². The fraction of sp³-hybridized carbons (Fsp3) is 1.00. The van der Waals surface area contributed by atoms with Crippen molar-refractivity contribution in [2.45, 2.75) is 58.0 Å². The highest BCUT2D eigenvalue weighted by molar-refractivity contribution is 5.01. The van der Waals surface area contributed by atoms with E-state index in [1.807, 2.05) is 0 Å². The molecule has 0 amide bonds. The molecule has 0 heterocycles. The van der Waals surface area contributed by atoms with Gasteiger partial charge in [0.2, 0.25) is 0 Å². The Hall–Kier alpha value is -0.0800. The Bertz CT molecular complexity index is 200. The van der Waals surface area contributed by atoms with E-state index in [4.69, 9.17) is 5.73 Å². The van der Waals surface area contributed by atoms with E-state index in [1.165, 1.54) is 32.1 Å². The molecule has 0 radical (unpaired) electrons. The monoisotopic (exact) mass is 196 g/mol. The van der Waals surface area contributed by atoms with Crippen LogP contribution >= 0.6 is 0 Å².